The molecule has 78 valence electrons. The molecule has 3 N–H and O–H groups in total. The van der Waals surface area contributed by atoms with E-state index in [-0.39, 0.29) is 30.4 Å². The first kappa shape index (κ1) is 12.7. The summed E-state index contributed by atoms with van der Waals surface area (Å²) in [6.07, 6.45) is 0. The van der Waals surface area contributed by atoms with E-state index in [0.717, 1.165) is 19.6 Å². The third-order valence-corrected chi connectivity index (χ3v) is 2.17. The average molecular weight is 208 g/mol. The van der Waals surface area contributed by atoms with Crippen LogP contribution < -0.4 is 11.1 Å². The van der Waals surface area contributed by atoms with Gasteiger partial charge in [0.25, 0.3) is 0 Å². The summed E-state index contributed by atoms with van der Waals surface area (Å²) in [4.78, 5) is 13.3. The van der Waals surface area contributed by atoms with Gasteiger partial charge in [-0.15, -0.1) is 12.4 Å². The fourth-order valence-electron chi connectivity index (χ4n) is 1.43. The van der Waals surface area contributed by atoms with Crippen molar-refractivity contribution < 1.29 is 4.79 Å². The number of amides is 1. The lowest BCUT2D eigenvalue weighted by molar-refractivity contribution is -0.134. The van der Waals surface area contributed by atoms with Crippen LogP contribution in [-0.4, -0.2) is 42.5 Å². The second kappa shape index (κ2) is 5.42. The minimum atomic E-state index is -0.370. The molecule has 0 aliphatic carbocycles. The molecule has 1 rings (SSSR count). The standard InChI is InChI=1S/C8H17N3O.ClH/c1-6-5-10-3-4-11(6)8(12)7(2)9;/h6-7,10H,3-5,9H2,1-2H3;1H. The lowest BCUT2D eigenvalue weighted by Crippen LogP contribution is -2.55. The topological polar surface area (TPSA) is 58.4 Å². The van der Waals surface area contributed by atoms with E-state index in [2.05, 4.69) is 5.32 Å². The van der Waals surface area contributed by atoms with Crippen molar-refractivity contribution in [2.45, 2.75) is 25.9 Å². The number of carbonyl (C=O) groups is 1. The van der Waals surface area contributed by atoms with Gasteiger partial charge in [-0.25, -0.2) is 0 Å². The molecule has 0 bridgehead atoms. The SMILES string of the molecule is CC(N)C(=O)N1CCNCC1C.Cl. The van der Waals surface area contributed by atoms with Gasteiger partial charge in [0.2, 0.25) is 5.91 Å². The van der Waals surface area contributed by atoms with Crippen molar-refractivity contribution in [3.63, 3.8) is 0 Å². The number of nitrogens with one attached hydrogen (secondary N) is 1. The molecule has 0 radical (unpaired) electrons. The Kier molecular flexibility index (Phi) is 5.29. The maximum Gasteiger partial charge on any atom is 0.239 e. The van der Waals surface area contributed by atoms with Gasteiger partial charge in [0, 0.05) is 25.7 Å². The van der Waals surface area contributed by atoms with Crippen molar-refractivity contribution in [1.82, 2.24) is 10.2 Å². The van der Waals surface area contributed by atoms with Crippen molar-refractivity contribution >= 4 is 18.3 Å². The molecule has 1 aliphatic rings. The Labute approximate surface area is 85.3 Å². The monoisotopic (exact) mass is 207 g/mol. The summed E-state index contributed by atoms with van der Waals surface area (Å²) in [5.41, 5.74) is 5.52. The summed E-state index contributed by atoms with van der Waals surface area (Å²) >= 11 is 0. The van der Waals surface area contributed by atoms with E-state index >= 15 is 0 Å². The summed E-state index contributed by atoms with van der Waals surface area (Å²) < 4.78 is 0. The third-order valence-electron chi connectivity index (χ3n) is 2.17. The normalized spacial score (nSPS) is 24.8. The molecule has 1 saturated heterocycles. The van der Waals surface area contributed by atoms with E-state index in [1.165, 1.54) is 0 Å². The van der Waals surface area contributed by atoms with Crippen LogP contribution in [0.25, 0.3) is 0 Å². The summed E-state index contributed by atoms with van der Waals surface area (Å²) in [7, 11) is 0. The summed E-state index contributed by atoms with van der Waals surface area (Å²) in [5, 5.41) is 3.22. The van der Waals surface area contributed by atoms with E-state index in [0.29, 0.717) is 0 Å². The van der Waals surface area contributed by atoms with Gasteiger partial charge in [0.05, 0.1) is 6.04 Å². The van der Waals surface area contributed by atoms with Gasteiger partial charge in [0.15, 0.2) is 0 Å². The predicted octanol–water partition coefficient (Wildman–Crippen LogP) is -0.424. The molecule has 0 aromatic heterocycles. The van der Waals surface area contributed by atoms with Gasteiger partial charge >= 0.3 is 0 Å². The van der Waals surface area contributed by atoms with Crippen LogP contribution in [0.2, 0.25) is 0 Å². The van der Waals surface area contributed by atoms with Crippen LogP contribution in [-0.2, 0) is 4.79 Å². The number of hydrogen-bond donors (Lipinski definition) is 2. The first-order valence-electron chi connectivity index (χ1n) is 4.39. The lowest BCUT2D eigenvalue weighted by atomic mass is 10.2. The highest BCUT2D eigenvalue weighted by atomic mass is 35.5. The molecule has 1 amide bonds. The van der Waals surface area contributed by atoms with Crippen molar-refractivity contribution in [3.05, 3.63) is 0 Å². The van der Waals surface area contributed by atoms with Crippen LogP contribution in [0, 0.1) is 0 Å². The smallest absolute Gasteiger partial charge is 0.239 e. The van der Waals surface area contributed by atoms with E-state index in [9.17, 15) is 4.79 Å². The first-order chi connectivity index (χ1) is 5.63. The fourth-order valence-corrected chi connectivity index (χ4v) is 1.43. The van der Waals surface area contributed by atoms with E-state index < -0.39 is 0 Å². The zero-order valence-electron chi connectivity index (χ0n) is 8.12. The van der Waals surface area contributed by atoms with Crippen LogP contribution in [0.1, 0.15) is 13.8 Å². The Morgan fingerprint density at radius 1 is 1.69 bits per heavy atom. The maximum absolute atomic E-state index is 11.5. The molecule has 13 heavy (non-hydrogen) atoms. The zero-order chi connectivity index (χ0) is 9.14. The Balaban J connectivity index is 0.00000144. The number of piperazine rings is 1. The Bertz CT molecular complexity index is 175. The minimum Gasteiger partial charge on any atom is -0.336 e. The average Bonchev–Trinajstić information content (AvgIpc) is 2.04. The lowest BCUT2D eigenvalue weighted by Gasteiger charge is -2.34. The Morgan fingerprint density at radius 3 is 2.77 bits per heavy atom. The van der Waals surface area contributed by atoms with Gasteiger partial charge in [-0.1, -0.05) is 0 Å². The van der Waals surface area contributed by atoms with Crippen molar-refractivity contribution in [1.29, 1.82) is 0 Å². The third kappa shape index (κ3) is 3.14. The van der Waals surface area contributed by atoms with E-state index in [1.54, 1.807) is 6.92 Å². The second-order valence-electron chi connectivity index (χ2n) is 3.37. The van der Waals surface area contributed by atoms with Gasteiger partial charge in [-0.3, -0.25) is 4.79 Å². The summed E-state index contributed by atoms with van der Waals surface area (Å²) in [6, 6.07) is -0.0946. The zero-order valence-corrected chi connectivity index (χ0v) is 8.93. The minimum absolute atomic E-state index is 0. The van der Waals surface area contributed by atoms with Gasteiger partial charge in [-0.05, 0) is 13.8 Å². The number of halogens is 1. The van der Waals surface area contributed by atoms with Crippen LogP contribution in [0.3, 0.4) is 0 Å². The van der Waals surface area contributed by atoms with Gasteiger partial charge in [-0.2, -0.15) is 0 Å². The molecule has 0 spiro atoms. The number of carbonyl (C=O) groups excluding carboxylic acids is 1. The summed E-state index contributed by atoms with van der Waals surface area (Å²) in [6.45, 7) is 6.30. The van der Waals surface area contributed by atoms with Crippen molar-refractivity contribution in [3.8, 4) is 0 Å². The summed E-state index contributed by atoms with van der Waals surface area (Å²) in [5.74, 6) is 0.0593. The molecular formula is C8H18ClN3O. The van der Waals surface area contributed by atoms with Crippen LogP contribution in [0.15, 0.2) is 0 Å². The molecule has 4 nitrogen and oxygen atoms in total. The fraction of sp³-hybridized carbons (Fsp3) is 0.875. The number of rotatable bonds is 1. The molecule has 1 fully saturated rings. The van der Waals surface area contributed by atoms with Crippen LogP contribution >= 0.6 is 12.4 Å². The predicted molar refractivity (Wildman–Crippen MR) is 54.9 cm³/mol. The highest BCUT2D eigenvalue weighted by Crippen LogP contribution is 2.03. The number of nitrogens with zero attached hydrogens (tertiary/aromatic N) is 1. The molecule has 0 aromatic carbocycles. The van der Waals surface area contributed by atoms with Crippen molar-refractivity contribution in [2.24, 2.45) is 5.73 Å². The molecular weight excluding hydrogens is 190 g/mol. The quantitative estimate of drug-likeness (QED) is 0.614. The molecule has 2 atom stereocenters. The molecule has 2 unspecified atom stereocenters. The number of nitrogens with two attached hydrogens (primary N) is 1. The maximum atomic E-state index is 11.5. The molecule has 0 aromatic rings. The Hall–Kier alpha value is -0.320. The largest absolute Gasteiger partial charge is 0.336 e. The molecule has 1 heterocycles. The van der Waals surface area contributed by atoms with Crippen LogP contribution in [0.5, 0.6) is 0 Å². The van der Waals surface area contributed by atoms with Gasteiger partial charge in [0.1, 0.15) is 0 Å². The highest BCUT2D eigenvalue weighted by molar-refractivity contribution is 5.85. The van der Waals surface area contributed by atoms with Gasteiger partial charge < -0.3 is 16.0 Å². The molecule has 5 heteroatoms. The number of hydrogen-bond acceptors (Lipinski definition) is 3. The molecule has 1 aliphatic heterocycles. The Morgan fingerprint density at radius 2 is 2.31 bits per heavy atom. The van der Waals surface area contributed by atoms with E-state index in [1.807, 2.05) is 11.8 Å². The van der Waals surface area contributed by atoms with E-state index in [4.69, 9.17) is 5.73 Å². The second-order valence-corrected chi connectivity index (χ2v) is 3.37. The van der Waals surface area contributed by atoms with Crippen LogP contribution in [0.4, 0.5) is 0 Å². The first-order valence-corrected chi connectivity index (χ1v) is 4.39. The molecule has 0 saturated carbocycles. The highest BCUT2D eigenvalue weighted by Gasteiger charge is 2.24. The van der Waals surface area contributed by atoms with Crippen molar-refractivity contribution in [2.75, 3.05) is 19.6 Å².